The Balaban J connectivity index is 2.79. The molecule has 0 fully saturated rings. The zero-order valence-corrected chi connectivity index (χ0v) is 10.3. The normalized spacial score (nSPS) is 12.2. The van der Waals surface area contributed by atoms with Crippen molar-refractivity contribution in [3.63, 3.8) is 0 Å². The summed E-state index contributed by atoms with van der Waals surface area (Å²) in [6, 6.07) is 3.92. The van der Waals surface area contributed by atoms with Crippen molar-refractivity contribution in [2.24, 2.45) is 5.73 Å². The van der Waals surface area contributed by atoms with Crippen LogP contribution in [0.2, 0.25) is 0 Å². The van der Waals surface area contributed by atoms with Crippen LogP contribution in [0, 0.1) is 0 Å². The third kappa shape index (κ3) is 3.84. The molecule has 0 radical (unpaired) electrons. The van der Waals surface area contributed by atoms with E-state index < -0.39 is 0 Å². The van der Waals surface area contributed by atoms with Crippen LogP contribution in [0.4, 0.5) is 5.69 Å². The summed E-state index contributed by atoms with van der Waals surface area (Å²) < 4.78 is 0. The van der Waals surface area contributed by atoms with Gasteiger partial charge in [0, 0.05) is 19.1 Å². The van der Waals surface area contributed by atoms with Gasteiger partial charge in [-0.2, -0.15) is 0 Å². The molecule has 1 rings (SSSR count). The van der Waals surface area contributed by atoms with Crippen molar-refractivity contribution in [1.82, 2.24) is 4.98 Å². The van der Waals surface area contributed by atoms with Gasteiger partial charge in [-0.25, -0.2) is 0 Å². The molecular formula is C13H21N3O. The molecule has 0 bridgehead atoms. The number of nitrogens with two attached hydrogens (primary N) is 1. The van der Waals surface area contributed by atoms with Crippen LogP contribution in [0.1, 0.15) is 25.1 Å². The predicted octanol–water partition coefficient (Wildman–Crippen LogP) is 1.48. The first kappa shape index (κ1) is 13.7. The van der Waals surface area contributed by atoms with Gasteiger partial charge in [0.2, 0.25) is 0 Å². The Kier molecular flexibility index (Phi) is 5.66. The fourth-order valence-corrected chi connectivity index (χ4v) is 1.62. The molecule has 4 nitrogen and oxygen atoms in total. The first-order valence-corrected chi connectivity index (χ1v) is 5.91. The third-order valence-electron chi connectivity index (χ3n) is 2.68. The molecule has 0 unspecified atom stereocenters. The Hall–Kier alpha value is -1.39. The van der Waals surface area contributed by atoms with E-state index in [9.17, 15) is 0 Å². The minimum Gasteiger partial charge on any atom is -0.395 e. The van der Waals surface area contributed by atoms with Gasteiger partial charge in [0.1, 0.15) is 0 Å². The minimum atomic E-state index is -0.00486. The van der Waals surface area contributed by atoms with Gasteiger partial charge >= 0.3 is 0 Å². The summed E-state index contributed by atoms with van der Waals surface area (Å²) in [4.78, 5) is 6.37. The molecular weight excluding hydrogens is 214 g/mol. The van der Waals surface area contributed by atoms with Gasteiger partial charge in [-0.1, -0.05) is 13.0 Å². The molecule has 0 aliphatic carbocycles. The van der Waals surface area contributed by atoms with Crippen molar-refractivity contribution >= 4 is 5.69 Å². The lowest BCUT2D eigenvalue weighted by molar-refractivity contribution is 0.303. The Labute approximate surface area is 103 Å². The summed E-state index contributed by atoms with van der Waals surface area (Å²) in [5.41, 5.74) is 7.78. The number of hydrogen-bond donors (Lipinski definition) is 2. The number of aliphatic hydroxyl groups is 1. The molecule has 0 aliphatic rings. The van der Waals surface area contributed by atoms with Crippen molar-refractivity contribution in [2.75, 3.05) is 24.6 Å². The van der Waals surface area contributed by atoms with Gasteiger partial charge in [-0.15, -0.1) is 6.58 Å². The second-order valence-electron chi connectivity index (χ2n) is 3.91. The van der Waals surface area contributed by atoms with Crippen LogP contribution in [0.3, 0.4) is 0 Å². The molecule has 0 saturated carbocycles. The standard InChI is InChI=1S/C13H21N3O/c1-3-7-16(8-9-17)11-5-6-13(15-10-11)12(14)4-2/h3,5-6,10,12,17H,1,4,7-9,14H2,2H3/t12-/m0/s1. The molecule has 4 heteroatoms. The summed E-state index contributed by atoms with van der Waals surface area (Å²) >= 11 is 0. The molecule has 1 aromatic heterocycles. The lowest BCUT2D eigenvalue weighted by atomic mass is 10.1. The van der Waals surface area contributed by atoms with Crippen LogP contribution in [-0.2, 0) is 0 Å². The number of nitrogens with zero attached hydrogens (tertiary/aromatic N) is 2. The van der Waals surface area contributed by atoms with Crippen molar-refractivity contribution in [3.05, 3.63) is 36.7 Å². The van der Waals surface area contributed by atoms with E-state index in [0.29, 0.717) is 13.1 Å². The van der Waals surface area contributed by atoms with Crippen LogP contribution in [0.5, 0.6) is 0 Å². The van der Waals surface area contributed by atoms with Gasteiger partial charge in [-0.05, 0) is 18.6 Å². The smallest absolute Gasteiger partial charge is 0.0606 e. The van der Waals surface area contributed by atoms with Gasteiger partial charge in [0.25, 0.3) is 0 Å². The molecule has 1 heterocycles. The summed E-state index contributed by atoms with van der Waals surface area (Å²) in [7, 11) is 0. The molecule has 0 amide bonds. The molecule has 1 atom stereocenters. The fourth-order valence-electron chi connectivity index (χ4n) is 1.62. The molecule has 3 N–H and O–H groups in total. The minimum absolute atomic E-state index is 0.00486. The van der Waals surface area contributed by atoms with E-state index in [-0.39, 0.29) is 12.6 Å². The number of pyridine rings is 1. The number of rotatable bonds is 7. The van der Waals surface area contributed by atoms with Crippen LogP contribution < -0.4 is 10.6 Å². The van der Waals surface area contributed by atoms with Crippen LogP contribution >= 0.6 is 0 Å². The van der Waals surface area contributed by atoms with Gasteiger partial charge in [0.15, 0.2) is 0 Å². The van der Waals surface area contributed by atoms with Crippen molar-refractivity contribution in [1.29, 1.82) is 0 Å². The van der Waals surface area contributed by atoms with Crippen molar-refractivity contribution < 1.29 is 5.11 Å². The third-order valence-corrected chi connectivity index (χ3v) is 2.68. The number of anilines is 1. The van der Waals surface area contributed by atoms with E-state index in [1.54, 1.807) is 12.3 Å². The highest BCUT2D eigenvalue weighted by Gasteiger charge is 2.07. The number of aromatic nitrogens is 1. The van der Waals surface area contributed by atoms with Crippen LogP contribution in [0.25, 0.3) is 0 Å². The molecule has 1 aromatic rings. The molecule has 94 valence electrons. The zero-order chi connectivity index (χ0) is 12.7. The van der Waals surface area contributed by atoms with E-state index in [1.807, 2.05) is 24.0 Å². The lowest BCUT2D eigenvalue weighted by Gasteiger charge is -2.22. The van der Waals surface area contributed by atoms with Gasteiger partial charge in [0.05, 0.1) is 24.2 Å². The van der Waals surface area contributed by atoms with Gasteiger partial charge in [-0.3, -0.25) is 4.98 Å². The van der Waals surface area contributed by atoms with E-state index in [2.05, 4.69) is 11.6 Å². The Morgan fingerprint density at radius 3 is 2.82 bits per heavy atom. The SMILES string of the molecule is C=CCN(CCO)c1ccc([C@@H](N)CC)nc1. The highest BCUT2D eigenvalue weighted by Crippen LogP contribution is 2.16. The fraction of sp³-hybridized carbons (Fsp3) is 0.462. The summed E-state index contributed by atoms with van der Waals surface area (Å²) in [5, 5.41) is 8.99. The Bertz CT molecular complexity index is 337. The summed E-state index contributed by atoms with van der Waals surface area (Å²) in [6.07, 6.45) is 4.48. The average Bonchev–Trinajstić information content (AvgIpc) is 2.38. The molecule has 0 saturated heterocycles. The van der Waals surface area contributed by atoms with Crippen molar-refractivity contribution in [2.45, 2.75) is 19.4 Å². The monoisotopic (exact) mass is 235 g/mol. The largest absolute Gasteiger partial charge is 0.395 e. The van der Waals surface area contributed by atoms with Gasteiger partial charge < -0.3 is 15.7 Å². The van der Waals surface area contributed by atoms with E-state index in [4.69, 9.17) is 10.8 Å². The highest BCUT2D eigenvalue weighted by atomic mass is 16.3. The maximum Gasteiger partial charge on any atom is 0.0606 e. The lowest BCUT2D eigenvalue weighted by Crippen LogP contribution is -2.26. The van der Waals surface area contributed by atoms with E-state index >= 15 is 0 Å². The van der Waals surface area contributed by atoms with Crippen LogP contribution in [-0.4, -0.2) is 29.8 Å². The maximum atomic E-state index is 8.99. The first-order valence-electron chi connectivity index (χ1n) is 5.91. The highest BCUT2D eigenvalue weighted by molar-refractivity contribution is 5.45. The van der Waals surface area contributed by atoms with E-state index in [0.717, 1.165) is 17.8 Å². The molecule has 0 aromatic carbocycles. The average molecular weight is 235 g/mol. The molecule has 0 spiro atoms. The van der Waals surface area contributed by atoms with Crippen molar-refractivity contribution in [3.8, 4) is 0 Å². The second-order valence-corrected chi connectivity index (χ2v) is 3.91. The molecule has 17 heavy (non-hydrogen) atoms. The Morgan fingerprint density at radius 1 is 1.59 bits per heavy atom. The summed E-state index contributed by atoms with van der Waals surface area (Å²) in [6.45, 7) is 7.13. The maximum absolute atomic E-state index is 8.99. The second kappa shape index (κ2) is 7.04. The first-order chi connectivity index (χ1) is 8.22. The quantitative estimate of drug-likeness (QED) is 0.703. The predicted molar refractivity (Wildman–Crippen MR) is 71.0 cm³/mol. The number of hydrogen-bond acceptors (Lipinski definition) is 4. The number of aliphatic hydroxyl groups excluding tert-OH is 1. The molecule has 0 aliphatic heterocycles. The summed E-state index contributed by atoms with van der Waals surface area (Å²) in [5.74, 6) is 0. The van der Waals surface area contributed by atoms with Crippen LogP contribution in [0.15, 0.2) is 31.0 Å². The Morgan fingerprint density at radius 2 is 2.35 bits per heavy atom. The van der Waals surface area contributed by atoms with E-state index in [1.165, 1.54) is 0 Å². The topological polar surface area (TPSA) is 62.4 Å². The zero-order valence-electron chi connectivity index (χ0n) is 10.3.